The van der Waals surface area contributed by atoms with Crippen LogP contribution in [-0.2, 0) is 0 Å². The Kier molecular flexibility index (Phi) is 9.15. The highest BCUT2D eigenvalue weighted by molar-refractivity contribution is 4.97. The molecule has 5 nitrogen and oxygen atoms in total. The third kappa shape index (κ3) is 5.60. The van der Waals surface area contributed by atoms with Gasteiger partial charge in [-0.1, -0.05) is 13.8 Å². The number of nitrogens with one attached hydrogen (secondary N) is 1. The first kappa shape index (κ1) is 19.2. The van der Waals surface area contributed by atoms with E-state index >= 15 is 0 Å². The normalized spacial score (nSPS) is 17.1. The van der Waals surface area contributed by atoms with Crippen LogP contribution in [0.3, 0.4) is 0 Å². The third-order valence-electron chi connectivity index (χ3n) is 3.17. The van der Waals surface area contributed by atoms with Crippen LogP contribution in [0.5, 0.6) is 0 Å². The van der Waals surface area contributed by atoms with Gasteiger partial charge in [-0.2, -0.15) is 0 Å². The van der Waals surface area contributed by atoms with E-state index in [1.165, 1.54) is 0 Å². The van der Waals surface area contributed by atoms with Crippen LogP contribution in [0.15, 0.2) is 24.8 Å². The van der Waals surface area contributed by atoms with E-state index in [-0.39, 0.29) is 12.6 Å². The number of rotatable bonds is 2. The molecule has 0 aliphatic carbocycles. The lowest BCUT2D eigenvalue weighted by molar-refractivity contribution is 0.0647. The van der Waals surface area contributed by atoms with Gasteiger partial charge in [-0.05, 0) is 13.8 Å². The molecule has 21 heavy (non-hydrogen) atoms. The van der Waals surface area contributed by atoms with Gasteiger partial charge in [-0.15, -0.1) is 11.8 Å². The predicted octanol–water partition coefficient (Wildman–Crippen LogP) is 1.90. The topological polar surface area (TPSA) is 25.0 Å². The van der Waals surface area contributed by atoms with Crippen molar-refractivity contribution >= 4 is 0 Å². The summed E-state index contributed by atoms with van der Waals surface area (Å²) in [5.41, 5.74) is 0. The highest BCUT2D eigenvalue weighted by Crippen LogP contribution is 2.14. The molecule has 0 spiro atoms. The summed E-state index contributed by atoms with van der Waals surface area (Å²) in [5, 5.41) is 3.56. The van der Waals surface area contributed by atoms with E-state index in [4.69, 9.17) is 0 Å². The highest BCUT2D eigenvalue weighted by atomic mass is 15.6. The molecule has 0 aromatic rings. The molecule has 0 amide bonds. The highest BCUT2D eigenvalue weighted by Gasteiger charge is 2.28. The first-order valence-electron chi connectivity index (χ1n) is 7.35. The van der Waals surface area contributed by atoms with Crippen molar-refractivity contribution in [2.24, 2.45) is 0 Å². The Labute approximate surface area is 130 Å². The Morgan fingerprint density at radius 2 is 0.905 bits per heavy atom. The lowest BCUT2D eigenvalue weighted by Gasteiger charge is -2.36. The van der Waals surface area contributed by atoms with Crippen LogP contribution in [0.25, 0.3) is 0 Å². The van der Waals surface area contributed by atoms with Gasteiger partial charge in [0.05, 0.1) is 0 Å². The minimum Gasteiger partial charge on any atom is -0.347 e. The monoisotopic (exact) mass is 293 g/mol. The molecule has 0 saturated heterocycles. The summed E-state index contributed by atoms with van der Waals surface area (Å²) >= 11 is 0. The second kappa shape index (κ2) is 10.0. The Bertz CT molecular complexity index is 335. The van der Waals surface area contributed by atoms with Crippen LogP contribution in [0, 0.1) is 11.8 Å². The summed E-state index contributed by atoms with van der Waals surface area (Å²) in [4.78, 5) is 8.61. The van der Waals surface area contributed by atoms with Crippen LogP contribution in [0.1, 0.15) is 27.7 Å². The summed E-state index contributed by atoms with van der Waals surface area (Å²) in [6, 6.07) is 0. The van der Waals surface area contributed by atoms with Gasteiger partial charge >= 0.3 is 0 Å². The second-order valence-corrected chi connectivity index (χ2v) is 4.67. The zero-order valence-electron chi connectivity index (χ0n) is 14.8. The van der Waals surface area contributed by atoms with Gasteiger partial charge in [0.2, 0.25) is 0 Å². The molecule has 0 aromatic heterocycles. The number of nitrogens with zero attached hydrogens (tertiary/aromatic N) is 4. The van der Waals surface area contributed by atoms with Crippen LogP contribution in [0.2, 0.25) is 0 Å². The summed E-state index contributed by atoms with van der Waals surface area (Å²) in [6.45, 7) is 7.64. The van der Waals surface area contributed by atoms with E-state index in [9.17, 15) is 0 Å². The second-order valence-electron chi connectivity index (χ2n) is 4.67. The van der Waals surface area contributed by atoms with Crippen molar-refractivity contribution in [3.05, 3.63) is 24.8 Å². The van der Waals surface area contributed by atoms with Crippen molar-refractivity contribution in [1.82, 2.24) is 24.9 Å². The maximum atomic E-state index is 3.56. The van der Waals surface area contributed by atoms with Crippen molar-refractivity contribution in [2.45, 2.75) is 40.3 Å². The van der Waals surface area contributed by atoms with Crippen molar-refractivity contribution in [1.29, 1.82) is 0 Å². The molecule has 0 radical (unpaired) electrons. The largest absolute Gasteiger partial charge is 0.347 e. The third-order valence-corrected chi connectivity index (χ3v) is 3.17. The van der Waals surface area contributed by atoms with E-state index in [1.807, 2.05) is 27.7 Å². The van der Waals surface area contributed by atoms with E-state index in [0.29, 0.717) is 0 Å². The van der Waals surface area contributed by atoms with Gasteiger partial charge in [-0.25, -0.2) is 5.32 Å². The van der Waals surface area contributed by atoms with Gasteiger partial charge in [0.25, 0.3) is 0 Å². The minimum absolute atomic E-state index is 0.222. The number of hydrogen-bond donors (Lipinski definition) is 1. The summed E-state index contributed by atoms with van der Waals surface area (Å²) < 4.78 is 0. The van der Waals surface area contributed by atoms with Gasteiger partial charge in [0, 0.05) is 53.0 Å². The zero-order valence-corrected chi connectivity index (χ0v) is 14.8. The molecule has 0 bridgehead atoms. The first-order chi connectivity index (χ1) is 10.0. The molecule has 2 heterocycles. The Balaban J connectivity index is 0.000000579. The van der Waals surface area contributed by atoms with Crippen LogP contribution in [-0.4, -0.2) is 60.4 Å². The molecule has 0 atom stereocenters. The first-order valence-corrected chi connectivity index (χ1v) is 7.35. The molecule has 120 valence electrons. The van der Waals surface area contributed by atoms with Crippen LogP contribution >= 0.6 is 0 Å². The molecular formula is C16H31N5. The van der Waals surface area contributed by atoms with Gasteiger partial charge < -0.3 is 19.6 Å². The summed E-state index contributed by atoms with van der Waals surface area (Å²) in [7, 11) is 8.28. The maximum Gasteiger partial charge on any atom is 0.159 e. The lowest BCUT2D eigenvalue weighted by atomic mass is 10.6. The molecule has 5 heteroatoms. The molecule has 0 aromatic carbocycles. The Morgan fingerprint density at radius 3 is 1.10 bits per heavy atom. The fourth-order valence-electron chi connectivity index (χ4n) is 1.92. The average Bonchev–Trinajstić information content (AvgIpc) is 2.99. The van der Waals surface area contributed by atoms with E-state index in [0.717, 1.165) is 0 Å². The standard InChI is InChI=1S/C10H19N5.C4H6.C2H6/c1-12-5-6-13(2)9(12)11-10-14(3)7-8-15(10)4;1-3-4-2;1-2/h5-11H,1-4H3;1-2H3;1-2H3. The van der Waals surface area contributed by atoms with Crippen molar-refractivity contribution in [3.63, 3.8) is 0 Å². The van der Waals surface area contributed by atoms with Gasteiger partial charge in [0.1, 0.15) is 0 Å². The van der Waals surface area contributed by atoms with Crippen LogP contribution in [0.4, 0.5) is 0 Å². The zero-order chi connectivity index (χ0) is 16.4. The number of hydrogen-bond acceptors (Lipinski definition) is 5. The van der Waals surface area contributed by atoms with Crippen molar-refractivity contribution < 1.29 is 0 Å². The minimum atomic E-state index is 0.222. The molecule has 2 rings (SSSR count). The average molecular weight is 293 g/mol. The SMILES string of the molecule is CC.CC#CC.CN1C=CN(C)C1NC1N(C)C=CN1C. The Hall–Kier alpha value is -1.80. The van der Waals surface area contributed by atoms with Gasteiger partial charge in [-0.3, -0.25) is 0 Å². The fourth-order valence-corrected chi connectivity index (χ4v) is 1.92. The molecule has 0 saturated carbocycles. The van der Waals surface area contributed by atoms with E-state index in [1.54, 1.807) is 0 Å². The van der Waals surface area contributed by atoms with E-state index < -0.39 is 0 Å². The molecule has 2 aliphatic rings. The van der Waals surface area contributed by atoms with Gasteiger partial charge in [0.15, 0.2) is 12.6 Å². The Morgan fingerprint density at radius 1 is 0.667 bits per heavy atom. The van der Waals surface area contributed by atoms with Crippen molar-refractivity contribution in [2.75, 3.05) is 28.2 Å². The molecule has 0 unspecified atom stereocenters. The lowest BCUT2D eigenvalue weighted by Crippen LogP contribution is -2.57. The quantitative estimate of drug-likeness (QED) is 0.784. The van der Waals surface area contributed by atoms with Crippen molar-refractivity contribution in [3.8, 4) is 11.8 Å². The van der Waals surface area contributed by atoms with E-state index in [2.05, 4.69) is 89.7 Å². The molecule has 2 aliphatic heterocycles. The smallest absolute Gasteiger partial charge is 0.159 e. The van der Waals surface area contributed by atoms with Crippen LogP contribution < -0.4 is 5.32 Å². The molecule has 0 fully saturated rings. The fraction of sp³-hybridized carbons (Fsp3) is 0.625. The summed E-state index contributed by atoms with van der Waals surface area (Å²) in [5.74, 6) is 5.36. The molecule has 1 N–H and O–H groups in total. The molecular weight excluding hydrogens is 262 g/mol. The maximum absolute atomic E-state index is 3.56. The summed E-state index contributed by atoms with van der Waals surface area (Å²) in [6.07, 6.45) is 8.72. The predicted molar refractivity (Wildman–Crippen MR) is 90.5 cm³/mol.